The van der Waals surface area contributed by atoms with Crippen molar-refractivity contribution in [3.8, 4) is 10.4 Å². The van der Waals surface area contributed by atoms with Crippen LogP contribution in [0.3, 0.4) is 0 Å². The first-order valence-corrected chi connectivity index (χ1v) is 11.0. The third-order valence-electron chi connectivity index (χ3n) is 5.69. The molecule has 2 N–H and O–H groups in total. The summed E-state index contributed by atoms with van der Waals surface area (Å²) in [6.45, 7) is 2.58. The Morgan fingerprint density at radius 1 is 1.28 bits per heavy atom. The van der Waals surface area contributed by atoms with Gasteiger partial charge in [0.2, 0.25) is 0 Å². The first-order valence-electron chi connectivity index (χ1n) is 10.1. The van der Waals surface area contributed by atoms with Crippen LogP contribution in [0.5, 0.6) is 0 Å². The zero-order valence-corrected chi connectivity index (χ0v) is 18.3. The van der Waals surface area contributed by atoms with Crippen molar-refractivity contribution in [3.63, 3.8) is 0 Å². The molecule has 4 heterocycles. The summed E-state index contributed by atoms with van der Waals surface area (Å²) in [6.07, 6.45) is -2.72. The molecule has 2 saturated heterocycles. The quantitative estimate of drug-likeness (QED) is 0.715. The van der Waals surface area contributed by atoms with E-state index in [1.807, 2.05) is 6.92 Å². The largest absolute Gasteiger partial charge is 0.417 e. The molecule has 0 aromatic carbocycles. The van der Waals surface area contributed by atoms with Crippen LogP contribution in [-0.2, 0) is 6.18 Å². The van der Waals surface area contributed by atoms with Gasteiger partial charge in [-0.3, -0.25) is 9.59 Å². The predicted octanol–water partition coefficient (Wildman–Crippen LogP) is 2.71. The number of nitrogens with one attached hydrogen (secondary N) is 1. The Labute approximate surface area is 186 Å². The molecule has 12 heteroatoms. The number of hydrogen-bond acceptors (Lipinski definition) is 7. The van der Waals surface area contributed by atoms with E-state index in [1.54, 1.807) is 4.90 Å². The number of rotatable bonds is 4. The van der Waals surface area contributed by atoms with Crippen LogP contribution in [0.15, 0.2) is 12.3 Å². The maximum absolute atomic E-state index is 13.9. The molecule has 0 spiro atoms. The fraction of sp³-hybridized carbons (Fsp3) is 0.500. The average Bonchev–Trinajstić information content (AvgIpc) is 3.36. The Kier molecular flexibility index (Phi) is 5.84. The molecule has 32 heavy (non-hydrogen) atoms. The minimum absolute atomic E-state index is 0.0255. The Morgan fingerprint density at radius 3 is 2.56 bits per heavy atom. The standard InChI is InChI=1S/C20H22F3N5O3S/c1-10-4-3-5-28(10)18(30)15-16(32-17(26-15)19(31)27-8-11(29)9-27)12-7-25-14(24-2)6-13(12)20(21,22)23/h6-7,10-11,29H,3-5,8-9H2,1-2H3,(H,24,25)/t10-/m0/s1. The maximum Gasteiger partial charge on any atom is 0.417 e. The highest BCUT2D eigenvalue weighted by Gasteiger charge is 2.39. The summed E-state index contributed by atoms with van der Waals surface area (Å²) >= 11 is 0.740. The molecule has 2 aromatic rings. The van der Waals surface area contributed by atoms with Gasteiger partial charge in [0.25, 0.3) is 11.8 Å². The van der Waals surface area contributed by atoms with Gasteiger partial charge in [0.15, 0.2) is 5.01 Å². The Balaban J connectivity index is 1.83. The number of thiazole rings is 1. The summed E-state index contributed by atoms with van der Waals surface area (Å²) in [5, 5.41) is 12.0. The number of halogens is 3. The van der Waals surface area contributed by atoms with E-state index in [1.165, 1.54) is 11.9 Å². The Morgan fingerprint density at radius 2 is 2.00 bits per heavy atom. The lowest BCUT2D eigenvalue weighted by atomic mass is 10.1. The van der Waals surface area contributed by atoms with Crippen molar-refractivity contribution in [2.45, 2.75) is 38.1 Å². The molecule has 2 fully saturated rings. The number of aromatic nitrogens is 2. The van der Waals surface area contributed by atoms with Gasteiger partial charge in [-0.25, -0.2) is 9.97 Å². The molecule has 2 aromatic heterocycles. The van der Waals surface area contributed by atoms with Crippen LogP contribution >= 0.6 is 11.3 Å². The highest BCUT2D eigenvalue weighted by molar-refractivity contribution is 7.17. The monoisotopic (exact) mass is 469 g/mol. The van der Waals surface area contributed by atoms with Crippen molar-refractivity contribution in [2.24, 2.45) is 0 Å². The smallest absolute Gasteiger partial charge is 0.389 e. The molecule has 0 saturated carbocycles. The van der Waals surface area contributed by atoms with Gasteiger partial charge in [-0.2, -0.15) is 13.2 Å². The van der Waals surface area contributed by atoms with Crippen LogP contribution in [0.1, 0.15) is 45.6 Å². The van der Waals surface area contributed by atoms with E-state index < -0.39 is 29.7 Å². The highest BCUT2D eigenvalue weighted by Crippen LogP contribution is 2.42. The van der Waals surface area contributed by atoms with Gasteiger partial charge in [0.05, 0.1) is 16.5 Å². The number of hydrogen-bond donors (Lipinski definition) is 2. The Hall–Kier alpha value is -2.73. The molecule has 2 aliphatic rings. The van der Waals surface area contributed by atoms with Crippen molar-refractivity contribution in [1.82, 2.24) is 19.8 Å². The number of alkyl halides is 3. The third-order valence-corrected chi connectivity index (χ3v) is 6.76. The second kappa shape index (κ2) is 8.32. The number of likely N-dealkylation sites (tertiary alicyclic amines) is 2. The van der Waals surface area contributed by atoms with Crippen molar-refractivity contribution in [1.29, 1.82) is 0 Å². The number of amides is 2. The summed E-state index contributed by atoms with van der Waals surface area (Å²) in [6, 6.07) is 0.795. The molecule has 2 amide bonds. The first-order chi connectivity index (χ1) is 15.1. The van der Waals surface area contributed by atoms with Gasteiger partial charge in [0, 0.05) is 44.5 Å². The molecule has 2 aliphatic heterocycles. The van der Waals surface area contributed by atoms with Crippen molar-refractivity contribution in [3.05, 3.63) is 28.5 Å². The van der Waals surface area contributed by atoms with E-state index in [-0.39, 0.29) is 46.1 Å². The predicted molar refractivity (Wildman–Crippen MR) is 112 cm³/mol. The van der Waals surface area contributed by atoms with Crippen LogP contribution in [-0.4, -0.2) is 75.5 Å². The summed E-state index contributed by atoms with van der Waals surface area (Å²) in [5.41, 5.74) is -1.45. The van der Waals surface area contributed by atoms with Crippen LogP contribution in [0.25, 0.3) is 10.4 Å². The Bertz CT molecular complexity index is 1050. The number of anilines is 1. The number of aliphatic hydroxyl groups is 1. The zero-order valence-electron chi connectivity index (χ0n) is 17.4. The SMILES string of the molecule is CNc1cc(C(F)(F)F)c(-c2sc(C(=O)N3CC(O)C3)nc2C(=O)N2CCC[C@@H]2C)cn1. The maximum atomic E-state index is 13.9. The van der Waals surface area contributed by atoms with E-state index >= 15 is 0 Å². The minimum Gasteiger partial charge on any atom is -0.389 e. The van der Waals surface area contributed by atoms with Crippen LogP contribution < -0.4 is 5.32 Å². The molecule has 8 nitrogen and oxygen atoms in total. The number of nitrogens with zero attached hydrogens (tertiary/aromatic N) is 4. The van der Waals surface area contributed by atoms with Gasteiger partial charge >= 0.3 is 6.18 Å². The molecular weight excluding hydrogens is 447 g/mol. The van der Waals surface area contributed by atoms with E-state index in [0.717, 1.165) is 36.4 Å². The number of carbonyl (C=O) groups is 2. The van der Waals surface area contributed by atoms with E-state index in [0.29, 0.717) is 6.54 Å². The van der Waals surface area contributed by atoms with Gasteiger partial charge in [-0.1, -0.05) is 0 Å². The number of aliphatic hydroxyl groups excluding tert-OH is 1. The third kappa shape index (κ3) is 4.04. The van der Waals surface area contributed by atoms with E-state index in [9.17, 15) is 27.9 Å². The van der Waals surface area contributed by atoms with Gasteiger partial charge in [-0.15, -0.1) is 11.3 Å². The normalized spacial score (nSPS) is 19.2. The fourth-order valence-corrected chi connectivity index (χ4v) is 4.92. The molecule has 0 bridgehead atoms. The molecule has 1 atom stereocenters. The van der Waals surface area contributed by atoms with Crippen LogP contribution in [0.4, 0.5) is 19.0 Å². The lowest BCUT2D eigenvalue weighted by Gasteiger charge is -2.35. The van der Waals surface area contributed by atoms with Gasteiger partial charge in [0.1, 0.15) is 11.5 Å². The molecule has 0 aliphatic carbocycles. The van der Waals surface area contributed by atoms with Gasteiger partial charge in [-0.05, 0) is 25.8 Å². The van der Waals surface area contributed by atoms with Crippen molar-refractivity contribution in [2.75, 3.05) is 32.0 Å². The summed E-state index contributed by atoms with van der Waals surface area (Å²) in [5.74, 6) is -1.00. The number of pyridine rings is 1. The lowest BCUT2D eigenvalue weighted by Crippen LogP contribution is -2.53. The lowest BCUT2D eigenvalue weighted by molar-refractivity contribution is -0.137. The van der Waals surface area contributed by atoms with Crippen LogP contribution in [0, 0.1) is 0 Å². The average molecular weight is 469 g/mol. The van der Waals surface area contributed by atoms with E-state index in [4.69, 9.17) is 0 Å². The van der Waals surface area contributed by atoms with Crippen molar-refractivity contribution < 1.29 is 27.9 Å². The summed E-state index contributed by atoms with van der Waals surface area (Å²) in [7, 11) is 1.46. The second-order valence-corrected chi connectivity index (χ2v) is 8.91. The van der Waals surface area contributed by atoms with Crippen LogP contribution in [0.2, 0.25) is 0 Å². The zero-order chi connectivity index (χ0) is 23.2. The number of carbonyl (C=O) groups excluding carboxylic acids is 2. The van der Waals surface area contributed by atoms with E-state index in [2.05, 4.69) is 15.3 Å². The molecule has 0 radical (unpaired) electrons. The van der Waals surface area contributed by atoms with Gasteiger partial charge < -0.3 is 20.2 Å². The van der Waals surface area contributed by atoms with Crippen molar-refractivity contribution >= 4 is 29.0 Å². The highest BCUT2D eigenvalue weighted by atomic mass is 32.1. The fourth-order valence-electron chi connectivity index (χ4n) is 3.87. The topological polar surface area (TPSA) is 98.7 Å². The minimum atomic E-state index is -4.71. The first kappa shape index (κ1) is 22.5. The molecule has 0 unspecified atom stereocenters. The molecule has 172 valence electrons. The number of β-amino-alcohol motifs (C(OH)–C–C–N with tert-alkyl or cyclic N) is 1. The molecule has 4 rings (SSSR count). The second-order valence-electron chi connectivity index (χ2n) is 7.91. The summed E-state index contributed by atoms with van der Waals surface area (Å²) in [4.78, 5) is 37.1. The molecular formula is C20H22F3N5O3S. The summed E-state index contributed by atoms with van der Waals surface area (Å²) < 4.78 is 41.6.